The first kappa shape index (κ1) is 11.2. The average molecular weight is 169 g/mol. The molecule has 0 aliphatic heterocycles. The second-order valence-corrected chi connectivity index (χ2v) is 3.07. The lowest BCUT2D eigenvalue weighted by atomic mass is 10.2. The summed E-state index contributed by atoms with van der Waals surface area (Å²) in [5, 5.41) is 3.19. The molecule has 0 aliphatic rings. The highest BCUT2D eigenvalue weighted by molar-refractivity contribution is 5.87. The molecule has 0 radical (unpaired) electrons. The average Bonchev–Trinajstić information content (AvgIpc) is 1.97. The van der Waals surface area contributed by atoms with E-state index in [4.69, 9.17) is 0 Å². The summed E-state index contributed by atoms with van der Waals surface area (Å²) in [7, 11) is 0. The SMILES string of the molecule is CCCCCNC(C)=CC(C)=O. The van der Waals surface area contributed by atoms with Gasteiger partial charge in [-0.3, -0.25) is 4.79 Å². The van der Waals surface area contributed by atoms with Crippen molar-refractivity contribution in [3.63, 3.8) is 0 Å². The third kappa shape index (κ3) is 7.32. The Bertz CT molecular complexity index is 161. The van der Waals surface area contributed by atoms with E-state index in [9.17, 15) is 4.79 Å². The van der Waals surface area contributed by atoms with E-state index in [-0.39, 0.29) is 5.78 Å². The number of nitrogens with one attached hydrogen (secondary N) is 1. The van der Waals surface area contributed by atoms with Gasteiger partial charge in [0.15, 0.2) is 5.78 Å². The first-order valence-electron chi connectivity index (χ1n) is 4.59. The molecule has 0 heterocycles. The smallest absolute Gasteiger partial charge is 0.154 e. The summed E-state index contributed by atoms with van der Waals surface area (Å²) >= 11 is 0. The van der Waals surface area contributed by atoms with E-state index in [0.29, 0.717) is 0 Å². The van der Waals surface area contributed by atoms with Crippen molar-refractivity contribution in [2.45, 2.75) is 40.0 Å². The van der Waals surface area contributed by atoms with Gasteiger partial charge in [0.1, 0.15) is 0 Å². The molecule has 0 aliphatic carbocycles. The fourth-order valence-electron chi connectivity index (χ4n) is 1.02. The Morgan fingerprint density at radius 1 is 1.33 bits per heavy atom. The van der Waals surface area contributed by atoms with Crippen LogP contribution in [0, 0.1) is 0 Å². The molecular weight excluding hydrogens is 150 g/mol. The predicted molar refractivity (Wildman–Crippen MR) is 52.0 cm³/mol. The van der Waals surface area contributed by atoms with Gasteiger partial charge in [0.25, 0.3) is 0 Å². The van der Waals surface area contributed by atoms with E-state index in [1.807, 2.05) is 6.92 Å². The summed E-state index contributed by atoms with van der Waals surface area (Å²) in [6.07, 6.45) is 5.29. The van der Waals surface area contributed by atoms with Crippen molar-refractivity contribution >= 4 is 5.78 Å². The molecule has 0 aromatic heterocycles. The first-order chi connectivity index (χ1) is 5.66. The van der Waals surface area contributed by atoms with Gasteiger partial charge in [-0.25, -0.2) is 0 Å². The van der Waals surface area contributed by atoms with Gasteiger partial charge in [-0.1, -0.05) is 19.8 Å². The van der Waals surface area contributed by atoms with E-state index >= 15 is 0 Å². The summed E-state index contributed by atoms with van der Waals surface area (Å²) in [5.74, 6) is 0.107. The minimum atomic E-state index is 0.107. The Kier molecular flexibility index (Phi) is 6.44. The topological polar surface area (TPSA) is 29.1 Å². The number of rotatable bonds is 6. The van der Waals surface area contributed by atoms with E-state index in [0.717, 1.165) is 12.2 Å². The van der Waals surface area contributed by atoms with Gasteiger partial charge in [0, 0.05) is 12.2 Å². The van der Waals surface area contributed by atoms with E-state index in [1.165, 1.54) is 19.3 Å². The fourth-order valence-corrected chi connectivity index (χ4v) is 1.02. The maximum absolute atomic E-state index is 10.6. The van der Waals surface area contributed by atoms with Gasteiger partial charge < -0.3 is 5.32 Å². The lowest BCUT2D eigenvalue weighted by molar-refractivity contribution is -0.112. The zero-order valence-electron chi connectivity index (χ0n) is 8.31. The van der Waals surface area contributed by atoms with Crippen LogP contribution in [0.1, 0.15) is 40.0 Å². The second-order valence-electron chi connectivity index (χ2n) is 3.07. The molecule has 0 aromatic rings. The minimum Gasteiger partial charge on any atom is -0.388 e. The Labute approximate surface area is 75.0 Å². The van der Waals surface area contributed by atoms with E-state index in [2.05, 4.69) is 12.2 Å². The third-order valence-corrected chi connectivity index (χ3v) is 1.60. The molecule has 0 saturated heterocycles. The number of hydrogen-bond donors (Lipinski definition) is 1. The molecule has 1 N–H and O–H groups in total. The summed E-state index contributed by atoms with van der Waals surface area (Å²) < 4.78 is 0. The Morgan fingerprint density at radius 3 is 2.50 bits per heavy atom. The number of carbonyl (C=O) groups is 1. The molecular formula is C10H19NO. The lowest BCUT2D eigenvalue weighted by Gasteiger charge is -2.04. The molecule has 2 nitrogen and oxygen atoms in total. The van der Waals surface area contributed by atoms with Crippen molar-refractivity contribution in [2.75, 3.05) is 6.54 Å². The van der Waals surface area contributed by atoms with Gasteiger partial charge >= 0.3 is 0 Å². The molecule has 70 valence electrons. The van der Waals surface area contributed by atoms with Gasteiger partial charge in [-0.05, 0) is 26.3 Å². The minimum absolute atomic E-state index is 0.107. The lowest BCUT2D eigenvalue weighted by Crippen LogP contribution is -2.13. The zero-order valence-corrected chi connectivity index (χ0v) is 8.31. The van der Waals surface area contributed by atoms with Crippen LogP contribution >= 0.6 is 0 Å². The number of ketones is 1. The number of carbonyl (C=O) groups excluding carboxylic acids is 1. The third-order valence-electron chi connectivity index (χ3n) is 1.60. The predicted octanol–water partition coefficient (Wildman–Crippen LogP) is 2.26. The van der Waals surface area contributed by atoms with Crippen LogP contribution in [-0.4, -0.2) is 12.3 Å². The van der Waals surface area contributed by atoms with Crippen LogP contribution in [0.4, 0.5) is 0 Å². The van der Waals surface area contributed by atoms with Crippen LogP contribution < -0.4 is 5.32 Å². The largest absolute Gasteiger partial charge is 0.388 e. The number of hydrogen-bond acceptors (Lipinski definition) is 2. The quantitative estimate of drug-likeness (QED) is 0.488. The monoisotopic (exact) mass is 169 g/mol. The molecule has 12 heavy (non-hydrogen) atoms. The Hall–Kier alpha value is -0.790. The van der Waals surface area contributed by atoms with Crippen molar-refractivity contribution in [1.82, 2.24) is 5.32 Å². The number of allylic oxidation sites excluding steroid dienone is 2. The molecule has 0 rings (SSSR count). The first-order valence-corrected chi connectivity index (χ1v) is 4.59. The van der Waals surface area contributed by atoms with Crippen molar-refractivity contribution < 1.29 is 4.79 Å². The number of unbranched alkanes of at least 4 members (excludes halogenated alkanes) is 2. The highest BCUT2D eigenvalue weighted by atomic mass is 16.1. The highest BCUT2D eigenvalue weighted by Gasteiger charge is 1.90. The van der Waals surface area contributed by atoms with Crippen LogP contribution in [0.2, 0.25) is 0 Å². The summed E-state index contributed by atoms with van der Waals surface area (Å²) in [5.41, 5.74) is 0.971. The van der Waals surface area contributed by atoms with Gasteiger partial charge in [-0.2, -0.15) is 0 Å². The summed E-state index contributed by atoms with van der Waals surface area (Å²) in [6, 6.07) is 0. The molecule has 0 aromatic carbocycles. The summed E-state index contributed by atoms with van der Waals surface area (Å²) in [4.78, 5) is 10.6. The van der Waals surface area contributed by atoms with Crippen LogP contribution in [0.3, 0.4) is 0 Å². The van der Waals surface area contributed by atoms with Crippen molar-refractivity contribution in [3.8, 4) is 0 Å². The molecule has 0 saturated carbocycles. The van der Waals surface area contributed by atoms with Crippen molar-refractivity contribution in [1.29, 1.82) is 0 Å². The van der Waals surface area contributed by atoms with Gasteiger partial charge in [-0.15, -0.1) is 0 Å². The van der Waals surface area contributed by atoms with Gasteiger partial charge in [0.2, 0.25) is 0 Å². The van der Waals surface area contributed by atoms with E-state index in [1.54, 1.807) is 13.0 Å². The normalized spacial score (nSPS) is 11.4. The van der Waals surface area contributed by atoms with Crippen LogP contribution in [0.5, 0.6) is 0 Å². The molecule has 0 bridgehead atoms. The maximum atomic E-state index is 10.6. The highest BCUT2D eigenvalue weighted by Crippen LogP contribution is 1.93. The van der Waals surface area contributed by atoms with Gasteiger partial charge in [0.05, 0.1) is 0 Å². The molecule has 0 spiro atoms. The fraction of sp³-hybridized carbons (Fsp3) is 0.700. The zero-order chi connectivity index (χ0) is 9.40. The molecule has 2 heteroatoms. The molecule has 0 amide bonds. The Balaban J connectivity index is 3.43. The molecule has 0 unspecified atom stereocenters. The Morgan fingerprint density at radius 2 is 2.00 bits per heavy atom. The standard InChI is InChI=1S/C10H19NO/c1-4-5-6-7-11-9(2)8-10(3)12/h8,11H,4-7H2,1-3H3. The molecule has 0 atom stereocenters. The summed E-state index contributed by atoms with van der Waals surface area (Å²) in [6.45, 7) is 6.65. The van der Waals surface area contributed by atoms with Crippen LogP contribution in [0.25, 0.3) is 0 Å². The van der Waals surface area contributed by atoms with Crippen LogP contribution in [0.15, 0.2) is 11.8 Å². The molecule has 0 fully saturated rings. The van der Waals surface area contributed by atoms with E-state index < -0.39 is 0 Å². The van der Waals surface area contributed by atoms with Crippen LogP contribution in [-0.2, 0) is 4.79 Å². The van der Waals surface area contributed by atoms with Crippen molar-refractivity contribution in [2.24, 2.45) is 0 Å². The second kappa shape index (κ2) is 6.89. The maximum Gasteiger partial charge on any atom is 0.154 e. The van der Waals surface area contributed by atoms with Crippen molar-refractivity contribution in [3.05, 3.63) is 11.8 Å².